The molecule has 2 rings (SSSR count). The van der Waals surface area contributed by atoms with Gasteiger partial charge in [0.2, 0.25) is 0 Å². The number of benzene rings is 1. The summed E-state index contributed by atoms with van der Waals surface area (Å²) in [5.74, 6) is -1.17. The molecule has 2 aromatic rings. The standard InChI is InChI=1S/C15H17N3O3/c1-11(9-14(19)20)10-16-15(21)12-3-5-13(6-4-12)18-8-2-7-17-18/h2-8,11H,9-10H2,1H3,(H,16,21)(H,19,20). The van der Waals surface area contributed by atoms with Crippen molar-refractivity contribution in [3.63, 3.8) is 0 Å². The second-order valence-electron chi connectivity index (χ2n) is 4.91. The second-order valence-corrected chi connectivity index (χ2v) is 4.91. The number of rotatable bonds is 6. The Morgan fingerprint density at radius 3 is 2.62 bits per heavy atom. The Hall–Kier alpha value is -2.63. The number of nitrogens with one attached hydrogen (secondary N) is 1. The predicted octanol–water partition coefficient (Wildman–Crippen LogP) is 1.71. The first-order chi connectivity index (χ1) is 10.1. The molecule has 2 N–H and O–H groups in total. The van der Waals surface area contributed by atoms with E-state index in [0.29, 0.717) is 12.1 Å². The number of hydrogen-bond acceptors (Lipinski definition) is 3. The largest absolute Gasteiger partial charge is 0.481 e. The molecule has 1 aromatic heterocycles. The lowest BCUT2D eigenvalue weighted by molar-refractivity contribution is -0.137. The van der Waals surface area contributed by atoms with Gasteiger partial charge in [0.1, 0.15) is 0 Å². The average molecular weight is 287 g/mol. The molecule has 0 spiro atoms. The van der Waals surface area contributed by atoms with Crippen LogP contribution in [0.1, 0.15) is 23.7 Å². The van der Waals surface area contributed by atoms with Crippen LogP contribution in [0.25, 0.3) is 5.69 Å². The molecule has 0 aliphatic heterocycles. The normalized spacial score (nSPS) is 11.9. The fraction of sp³-hybridized carbons (Fsp3) is 0.267. The van der Waals surface area contributed by atoms with Gasteiger partial charge in [-0.05, 0) is 36.2 Å². The number of carbonyl (C=O) groups excluding carboxylic acids is 1. The minimum Gasteiger partial charge on any atom is -0.481 e. The van der Waals surface area contributed by atoms with Crippen molar-refractivity contribution in [2.24, 2.45) is 5.92 Å². The van der Waals surface area contributed by atoms with Crippen molar-refractivity contribution in [1.82, 2.24) is 15.1 Å². The highest BCUT2D eigenvalue weighted by Crippen LogP contribution is 2.09. The summed E-state index contributed by atoms with van der Waals surface area (Å²) in [6.45, 7) is 2.13. The highest BCUT2D eigenvalue weighted by atomic mass is 16.4. The van der Waals surface area contributed by atoms with Crippen LogP contribution in [-0.2, 0) is 4.79 Å². The Balaban J connectivity index is 1.92. The van der Waals surface area contributed by atoms with Gasteiger partial charge in [-0.3, -0.25) is 9.59 Å². The molecule has 0 aliphatic carbocycles. The number of aromatic nitrogens is 2. The predicted molar refractivity (Wildman–Crippen MR) is 77.3 cm³/mol. The zero-order chi connectivity index (χ0) is 15.2. The third-order valence-electron chi connectivity index (χ3n) is 3.03. The van der Waals surface area contributed by atoms with E-state index in [-0.39, 0.29) is 18.2 Å². The molecule has 1 amide bonds. The summed E-state index contributed by atoms with van der Waals surface area (Å²) in [4.78, 5) is 22.5. The van der Waals surface area contributed by atoms with E-state index in [0.717, 1.165) is 5.69 Å². The van der Waals surface area contributed by atoms with Gasteiger partial charge in [0.05, 0.1) is 5.69 Å². The summed E-state index contributed by atoms with van der Waals surface area (Å²) >= 11 is 0. The maximum Gasteiger partial charge on any atom is 0.303 e. The second kappa shape index (κ2) is 6.69. The molecule has 0 radical (unpaired) electrons. The molecule has 0 saturated carbocycles. The molecule has 6 nitrogen and oxygen atoms in total. The zero-order valence-electron chi connectivity index (χ0n) is 11.7. The first-order valence-corrected chi connectivity index (χ1v) is 6.66. The molecule has 1 aromatic carbocycles. The molecule has 0 fully saturated rings. The lowest BCUT2D eigenvalue weighted by atomic mass is 10.1. The molecule has 0 saturated heterocycles. The summed E-state index contributed by atoms with van der Waals surface area (Å²) in [6.07, 6.45) is 3.55. The molecule has 1 heterocycles. The van der Waals surface area contributed by atoms with Crippen molar-refractivity contribution in [2.75, 3.05) is 6.54 Å². The van der Waals surface area contributed by atoms with E-state index in [2.05, 4.69) is 10.4 Å². The SMILES string of the molecule is CC(CNC(=O)c1ccc(-n2cccn2)cc1)CC(=O)O. The Kier molecular flexibility index (Phi) is 4.71. The van der Waals surface area contributed by atoms with Gasteiger partial charge in [-0.25, -0.2) is 4.68 Å². The topological polar surface area (TPSA) is 84.2 Å². The van der Waals surface area contributed by atoms with Crippen LogP contribution in [0, 0.1) is 5.92 Å². The number of nitrogens with zero attached hydrogens (tertiary/aromatic N) is 2. The van der Waals surface area contributed by atoms with Crippen LogP contribution in [0.2, 0.25) is 0 Å². The van der Waals surface area contributed by atoms with Crippen molar-refractivity contribution in [1.29, 1.82) is 0 Å². The summed E-state index contributed by atoms with van der Waals surface area (Å²) in [7, 11) is 0. The van der Waals surface area contributed by atoms with Crippen LogP contribution in [0.3, 0.4) is 0 Å². The molecular formula is C15H17N3O3. The van der Waals surface area contributed by atoms with E-state index in [4.69, 9.17) is 5.11 Å². The Morgan fingerprint density at radius 2 is 2.05 bits per heavy atom. The van der Waals surface area contributed by atoms with E-state index in [1.54, 1.807) is 29.9 Å². The van der Waals surface area contributed by atoms with Gasteiger partial charge in [-0.15, -0.1) is 0 Å². The van der Waals surface area contributed by atoms with Crippen LogP contribution in [0.5, 0.6) is 0 Å². The molecule has 0 bridgehead atoms. The maximum atomic E-state index is 12.0. The minimum atomic E-state index is -0.861. The van der Waals surface area contributed by atoms with E-state index in [1.165, 1.54) is 0 Å². The number of carboxylic acid groups (broad SMARTS) is 1. The number of carbonyl (C=O) groups is 2. The summed E-state index contributed by atoms with van der Waals surface area (Å²) < 4.78 is 1.70. The lowest BCUT2D eigenvalue weighted by Crippen LogP contribution is -2.29. The molecule has 0 aliphatic rings. The molecule has 21 heavy (non-hydrogen) atoms. The third kappa shape index (κ3) is 4.17. The Bertz CT molecular complexity index is 606. The lowest BCUT2D eigenvalue weighted by Gasteiger charge is -2.10. The van der Waals surface area contributed by atoms with Crippen LogP contribution >= 0.6 is 0 Å². The van der Waals surface area contributed by atoms with Gasteiger partial charge in [0, 0.05) is 30.9 Å². The van der Waals surface area contributed by atoms with Gasteiger partial charge in [-0.2, -0.15) is 5.10 Å². The number of aliphatic carboxylic acids is 1. The first-order valence-electron chi connectivity index (χ1n) is 6.66. The fourth-order valence-electron chi connectivity index (χ4n) is 1.93. The van der Waals surface area contributed by atoms with Crippen molar-refractivity contribution in [3.8, 4) is 5.69 Å². The number of hydrogen-bond donors (Lipinski definition) is 2. The highest BCUT2D eigenvalue weighted by molar-refractivity contribution is 5.94. The van der Waals surface area contributed by atoms with Crippen molar-refractivity contribution < 1.29 is 14.7 Å². The molecule has 1 unspecified atom stereocenters. The number of carboxylic acids is 1. The fourth-order valence-corrected chi connectivity index (χ4v) is 1.93. The first kappa shape index (κ1) is 14.8. The van der Waals surface area contributed by atoms with Crippen LogP contribution < -0.4 is 5.32 Å². The summed E-state index contributed by atoms with van der Waals surface area (Å²) in [5.41, 5.74) is 1.41. The quantitative estimate of drug-likeness (QED) is 0.847. The highest BCUT2D eigenvalue weighted by Gasteiger charge is 2.10. The smallest absolute Gasteiger partial charge is 0.303 e. The van der Waals surface area contributed by atoms with Crippen molar-refractivity contribution in [2.45, 2.75) is 13.3 Å². The average Bonchev–Trinajstić information content (AvgIpc) is 2.98. The van der Waals surface area contributed by atoms with E-state index >= 15 is 0 Å². The Labute approximate surface area is 122 Å². The molecule has 110 valence electrons. The Morgan fingerprint density at radius 1 is 1.33 bits per heavy atom. The van der Waals surface area contributed by atoms with E-state index in [1.807, 2.05) is 24.4 Å². The van der Waals surface area contributed by atoms with Gasteiger partial charge >= 0.3 is 5.97 Å². The van der Waals surface area contributed by atoms with Crippen LogP contribution in [0.15, 0.2) is 42.7 Å². The number of amides is 1. The summed E-state index contributed by atoms with van der Waals surface area (Å²) in [5, 5.41) is 15.5. The van der Waals surface area contributed by atoms with Crippen LogP contribution in [-0.4, -0.2) is 33.3 Å². The van der Waals surface area contributed by atoms with Gasteiger partial charge in [0.25, 0.3) is 5.91 Å². The third-order valence-corrected chi connectivity index (χ3v) is 3.03. The monoisotopic (exact) mass is 287 g/mol. The van der Waals surface area contributed by atoms with Gasteiger partial charge in [-0.1, -0.05) is 6.92 Å². The molecular weight excluding hydrogens is 270 g/mol. The van der Waals surface area contributed by atoms with Gasteiger partial charge < -0.3 is 10.4 Å². The van der Waals surface area contributed by atoms with Gasteiger partial charge in [0.15, 0.2) is 0 Å². The van der Waals surface area contributed by atoms with Crippen molar-refractivity contribution in [3.05, 3.63) is 48.3 Å². The van der Waals surface area contributed by atoms with E-state index < -0.39 is 5.97 Å². The maximum absolute atomic E-state index is 12.0. The van der Waals surface area contributed by atoms with Crippen LogP contribution in [0.4, 0.5) is 0 Å². The summed E-state index contributed by atoms with van der Waals surface area (Å²) in [6, 6.07) is 8.87. The molecule has 6 heteroatoms. The van der Waals surface area contributed by atoms with E-state index in [9.17, 15) is 9.59 Å². The zero-order valence-corrected chi connectivity index (χ0v) is 11.7. The molecule has 1 atom stereocenters. The van der Waals surface area contributed by atoms with Crippen molar-refractivity contribution >= 4 is 11.9 Å². The minimum absolute atomic E-state index is 0.0402.